The van der Waals surface area contributed by atoms with Crippen molar-refractivity contribution in [2.45, 2.75) is 20.8 Å². The summed E-state index contributed by atoms with van der Waals surface area (Å²) in [7, 11) is 0. The molecule has 1 heterocycles. The Morgan fingerprint density at radius 1 is 1.10 bits per heavy atom. The van der Waals surface area contributed by atoms with Crippen LogP contribution in [0.25, 0.3) is 11.0 Å². The average molecular weight is 407 g/mol. The highest BCUT2D eigenvalue weighted by Gasteiger charge is 2.07. The van der Waals surface area contributed by atoms with Crippen LogP contribution in [-0.2, 0) is 9.59 Å². The predicted octanol–water partition coefficient (Wildman–Crippen LogP) is 2.98. The van der Waals surface area contributed by atoms with Crippen LogP contribution in [0.3, 0.4) is 0 Å². The van der Waals surface area contributed by atoms with Crippen LogP contribution in [-0.4, -0.2) is 24.1 Å². The molecular weight excluding hydrogens is 386 g/mol. The summed E-state index contributed by atoms with van der Waals surface area (Å²) in [5, 5.41) is 7.56. The fourth-order valence-electron chi connectivity index (χ4n) is 2.81. The minimum absolute atomic E-state index is 0.171. The third kappa shape index (κ3) is 5.32. The number of benzene rings is 2. The number of carbonyl (C=O) groups excluding carboxylic acids is 2. The molecule has 0 fully saturated rings. The topological polar surface area (TPSA) is 110 Å². The molecule has 2 N–H and O–H groups in total. The van der Waals surface area contributed by atoms with Gasteiger partial charge in [0, 0.05) is 30.1 Å². The molecule has 0 saturated carbocycles. The number of ether oxygens (including phenoxy) is 1. The number of nitrogens with zero attached hydrogens (tertiary/aromatic N) is 1. The van der Waals surface area contributed by atoms with Gasteiger partial charge in [0.05, 0.1) is 5.71 Å². The molecular formula is C22H21N3O5. The van der Waals surface area contributed by atoms with E-state index in [0.717, 1.165) is 16.5 Å². The van der Waals surface area contributed by atoms with Crippen molar-refractivity contribution < 1.29 is 18.7 Å². The van der Waals surface area contributed by atoms with Crippen molar-refractivity contribution in [1.82, 2.24) is 5.43 Å². The van der Waals surface area contributed by atoms with Crippen molar-refractivity contribution in [2.75, 3.05) is 11.9 Å². The maximum Gasteiger partial charge on any atom is 0.336 e. The summed E-state index contributed by atoms with van der Waals surface area (Å²) in [5.41, 5.74) is 5.15. The van der Waals surface area contributed by atoms with Crippen molar-refractivity contribution in [3.63, 3.8) is 0 Å². The van der Waals surface area contributed by atoms with Gasteiger partial charge < -0.3 is 14.5 Å². The third-order valence-corrected chi connectivity index (χ3v) is 4.24. The van der Waals surface area contributed by atoms with Gasteiger partial charge in [-0.05, 0) is 49.2 Å². The van der Waals surface area contributed by atoms with Crippen LogP contribution in [0.1, 0.15) is 25.0 Å². The molecule has 2 aromatic carbocycles. The number of aryl methyl sites for hydroxylation is 1. The molecule has 0 aliphatic rings. The first kappa shape index (κ1) is 20.8. The zero-order chi connectivity index (χ0) is 21.7. The maximum atomic E-state index is 12.1. The fourth-order valence-corrected chi connectivity index (χ4v) is 2.81. The summed E-state index contributed by atoms with van der Waals surface area (Å²) in [5.74, 6) is -0.219. The molecule has 3 rings (SSSR count). The second-order valence-electron chi connectivity index (χ2n) is 6.69. The minimum atomic E-state index is -0.446. The van der Waals surface area contributed by atoms with E-state index in [4.69, 9.17) is 9.15 Å². The Hall–Kier alpha value is -3.94. The van der Waals surface area contributed by atoms with E-state index < -0.39 is 11.5 Å². The highest BCUT2D eigenvalue weighted by molar-refractivity contribution is 6.00. The number of fused-ring (bicyclic) bond motifs is 1. The molecule has 0 aliphatic carbocycles. The fraction of sp³-hybridized carbons (Fsp3) is 0.182. The van der Waals surface area contributed by atoms with E-state index >= 15 is 0 Å². The van der Waals surface area contributed by atoms with Gasteiger partial charge in [0.25, 0.3) is 5.91 Å². The molecule has 3 aromatic rings. The lowest BCUT2D eigenvalue weighted by Crippen LogP contribution is -2.25. The molecule has 0 bridgehead atoms. The summed E-state index contributed by atoms with van der Waals surface area (Å²) in [6, 6.07) is 13.6. The van der Waals surface area contributed by atoms with Crippen LogP contribution in [0.5, 0.6) is 5.75 Å². The highest BCUT2D eigenvalue weighted by Crippen LogP contribution is 2.22. The van der Waals surface area contributed by atoms with Crippen molar-refractivity contribution in [1.29, 1.82) is 0 Å². The van der Waals surface area contributed by atoms with Gasteiger partial charge in [-0.25, -0.2) is 10.2 Å². The molecule has 2 amide bonds. The average Bonchev–Trinajstić information content (AvgIpc) is 2.69. The number of hydrazone groups is 1. The lowest BCUT2D eigenvalue weighted by molar-refractivity contribution is -0.123. The number of hydrogen-bond donors (Lipinski definition) is 2. The van der Waals surface area contributed by atoms with E-state index in [1.165, 1.54) is 13.0 Å². The zero-order valence-corrected chi connectivity index (χ0v) is 16.8. The molecule has 0 unspecified atom stereocenters. The maximum absolute atomic E-state index is 12.1. The number of rotatable bonds is 6. The predicted molar refractivity (Wildman–Crippen MR) is 114 cm³/mol. The van der Waals surface area contributed by atoms with Crippen LogP contribution >= 0.6 is 0 Å². The molecule has 0 saturated heterocycles. The van der Waals surface area contributed by atoms with Gasteiger partial charge in [-0.2, -0.15) is 5.10 Å². The Kier molecular flexibility index (Phi) is 6.26. The van der Waals surface area contributed by atoms with Crippen molar-refractivity contribution in [3.8, 4) is 5.75 Å². The van der Waals surface area contributed by atoms with Crippen molar-refractivity contribution in [2.24, 2.45) is 5.10 Å². The number of nitrogens with one attached hydrogen (secondary N) is 2. The smallest absolute Gasteiger partial charge is 0.336 e. The van der Waals surface area contributed by atoms with E-state index in [0.29, 0.717) is 22.7 Å². The second-order valence-corrected chi connectivity index (χ2v) is 6.69. The Labute approximate surface area is 172 Å². The highest BCUT2D eigenvalue weighted by atomic mass is 16.5. The SMILES string of the molecule is CC(=O)Nc1cccc(/C(C)=N\NC(=O)COc2ccc3c(C)cc(=O)oc3c2)c1. The Bertz CT molecular complexity index is 1200. The first-order valence-electron chi connectivity index (χ1n) is 9.20. The standard InChI is InChI=1S/C22H21N3O5/c1-13-9-22(28)30-20-11-18(7-8-19(13)20)29-12-21(27)25-24-14(2)16-5-4-6-17(10-16)23-15(3)26/h4-11H,12H2,1-3H3,(H,23,26)(H,25,27)/b24-14-. The lowest BCUT2D eigenvalue weighted by atomic mass is 10.1. The number of carbonyl (C=O) groups is 2. The molecule has 0 atom stereocenters. The summed E-state index contributed by atoms with van der Waals surface area (Å²) in [6.45, 7) is 4.73. The van der Waals surface area contributed by atoms with Gasteiger partial charge >= 0.3 is 5.63 Å². The molecule has 154 valence electrons. The van der Waals surface area contributed by atoms with E-state index in [-0.39, 0.29) is 12.5 Å². The van der Waals surface area contributed by atoms with Gasteiger partial charge in [0.2, 0.25) is 5.91 Å². The quantitative estimate of drug-likeness (QED) is 0.371. The van der Waals surface area contributed by atoms with E-state index in [2.05, 4.69) is 15.8 Å². The van der Waals surface area contributed by atoms with Gasteiger partial charge in [-0.3, -0.25) is 9.59 Å². The van der Waals surface area contributed by atoms with Gasteiger partial charge in [0.1, 0.15) is 11.3 Å². The molecule has 0 radical (unpaired) electrons. The van der Waals surface area contributed by atoms with Crippen molar-refractivity contribution in [3.05, 3.63) is 70.1 Å². The molecule has 30 heavy (non-hydrogen) atoms. The minimum Gasteiger partial charge on any atom is -0.484 e. The largest absolute Gasteiger partial charge is 0.484 e. The normalized spacial score (nSPS) is 11.2. The molecule has 0 spiro atoms. The van der Waals surface area contributed by atoms with E-state index in [1.54, 1.807) is 43.3 Å². The first-order valence-corrected chi connectivity index (χ1v) is 9.20. The molecule has 1 aromatic heterocycles. The monoisotopic (exact) mass is 407 g/mol. The second kappa shape index (κ2) is 9.04. The van der Waals surface area contributed by atoms with Gasteiger partial charge in [-0.15, -0.1) is 0 Å². The molecule has 8 nitrogen and oxygen atoms in total. The van der Waals surface area contributed by atoms with Crippen LogP contribution in [0.2, 0.25) is 0 Å². The first-order chi connectivity index (χ1) is 14.3. The van der Waals surface area contributed by atoms with Crippen LogP contribution in [0.4, 0.5) is 5.69 Å². The molecule has 8 heteroatoms. The van der Waals surface area contributed by atoms with Crippen LogP contribution < -0.4 is 21.1 Å². The third-order valence-electron chi connectivity index (χ3n) is 4.24. The Morgan fingerprint density at radius 3 is 2.67 bits per heavy atom. The van der Waals surface area contributed by atoms with Crippen LogP contribution in [0, 0.1) is 6.92 Å². The number of amides is 2. The Balaban J connectivity index is 1.61. The summed E-state index contributed by atoms with van der Waals surface area (Å²) in [4.78, 5) is 34.7. The zero-order valence-electron chi connectivity index (χ0n) is 16.8. The molecule has 0 aliphatic heterocycles. The summed E-state index contributed by atoms with van der Waals surface area (Å²) < 4.78 is 10.6. The summed E-state index contributed by atoms with van der Waals surface area (Å²) in [6.07, 6.45) is 0. The number of anilines is 1. The van der Waals surface area contributed by atoms with E-state index in [9.17, 15) is 14.4 Å². The lowest BCUT2D eigenvalue weighted by Gasteiger charge is -2.08. The van der Waals surface area contributed by atoms with E-state index in [1.807, 2.05) is 13.0 Å². The number of hydrogen-bond acceptors (Lipinski definition) is 6. The van der Waals surface area contributed by atoms with Gasteiger partial charge in [-0.1, -0.05) is 12.1 Å². The summed E-state index contributed by atoms with van der Waals surface area (Å²) >= 11 is 0. The van der Waals surface area contributed by atoms with Crippen molar-refractivity contribution >= 4 is 34.2 Å². The van der Waals surface area contributed by atoms with Crippen LogP contribution in [0.15, 0.2) is 62.8 Å². The Morgan fingerprint density at radius 2 is 1.90 bits per heavy atom. The van der Waals surface area contributed by atoms with Gasteiger partial charge in [0.15, 0.2) is 6.61 Å².